The molecule has 1 heterocycles. The van der Waals surface area contributed by atoms with Crippen molar-refractivity contribution in [1.82, 2.24) is 10.6 Å². The van der Waals surface area contributed by atoms with E-state index >= 15 is 0 Å². The molecule has 20 heavy (non-hydrogen) atoms. The van der Waals surface area contributed by atoms with E-state index in [1.807, 2.05) is 20.8 Å². The molecule has 0 bridgehead atoms. The van der Waals surface area contributed by atoms with Crippen molar-refractivity contribution in [2.75, 3.05) is 19.7 Å². The molecule has 0 saturated carbocycles. The Morgan fingerprint density at radius 1 is 1.45 bits per heavy atom. The van der Waals surface area contributed by atoms with Gasteiger partial charge in [0.25, 0.3) is 0 Å². The third-order valence-electron chi connectivity index (χ3n) is 3.43. The fourth-order valence-corrected chi connectivity index (χ4v) is 2.35. The van der Waals surface area contributed by atoms with Gasteiger partial charge in [0.15, 0.2) is 0 Å². The van der Waals surface area contributed by atoms with Crippen LogP contribution < -0.4 is 10.6 Å². The molecule has 1 amide bonds. The molecule has 0 radical (unpaired) electrons. The van der Waals surface area contributed by atoms with Crippen LogP contribution in [0.3, 0.4) is 0 Å². The molecule has 1 aliphatic rings. The number of hydrogen-bond acceptors (Lipinski definition) is 4. The van der Waals surface area contributed by atoms with Gasteiger partial charge in [-0.1, -0.05) is 6.92 Å². The van der Waals surface area contributed by atoms with E-state index in [0.29, 0.717) is 18.6 Å². The molecule has 0 aromatic rings. The molecule has 0 aromatic heterocycles. The minimum atomic E-state index is -0.448. The highest BCUT2D eigenvalue weighted by Gasteiger charge is 2.26. The van der Waals surface area contributed by atoms with Crippen LogP contribution in [0, 0.1) is 5.92 Å². The Morgan fingerprint density at radius 2 is 2.15 bits per heavy atom. The van der Waals surface area contributed by atoms with Crippen molar-refractivity contribution >= 4 is 6.09 Å². The zero-order valence-electron chi connectivity index (χ0n) is 13.5. The predicted molar refractivity (Wildman–Crippen MR) is 79.8 cm³/mol. The summed E-state index contributed by atoms with van der Waals surface area (Å²) in [5.74, 6) is 0.587. The first-order valence-corrected chi connectivity index (χ1v) is 7.63. The minimum absolute atomic E-state index is 0.223. The Balaban J connectivity index is 2.17. The van der Waals surface area contributed by atoms with Gasteiger partial charge in [0, 0.05) is 25.7 Å². The fourth-order valence-electron chi connectivity index (χ4n) is 2.35. The number of nitrogens with one attached hydrogen (secondary N) is 2. The van der Waals surface area contributed by atoms with Crippen molar-refractivity contribution < 1.29 is 14.3 Å². The first-order valence-electron chi connectivity index (χ1n) is 7.63. The van der Waals surface area contributed by atoms with Crippen LogP contribution in [0.15, 0.2) is 0 Å². The number of rotatable bonds is 6. The van der Waals surface area contributed by atoms with E-state index in [9.17, 15) is 4.79 Å². The number of ether oxygens (including phenoxy) is 2. The summed E-state index contributed by atoms with van der Waals surface area (Å²) in [5.41, 5.74) is -0.448. The first kappa shape index (κ1) is 17.2. The van der Waals surface area contributed by atoms with E-state index in [4.69, 9.17) is 9.47 Å². The van der Waals surface area contributed by atoms with Gasteiger partial charge < -0.3 is 20.1 Å². The predicted octanol–water partition coefficient (Wildman–Crippen LogP) is 2.30. The lowest BCUT2D eigenvalue weighted by Gasteiger charge is -2.23. The summed E-state index contributed by atoms with van der Waals surface area (Å²) in [6, 6.07) is 0.223. The molecule has 2 N–H and O–H groups in total. The number of carbonyl (C=O) groups is 1. The molecule has 0 spiro atoms. The Labute approximate surface area is 122 Å². The molecule has 3 unspecified atom stereocenters. The fraction of sp³-hybridized carbons (Fsp3) is 0.933. The van der Waals surface area contributed by atoms with Crippen LogP contribution in [0.2, 0.25) is 0 Å². The summed E-state index contributed by atoms with van der Waals surface area (Å²) in [7, 11) is 0. The van der Waals surface area contributed by atoms with Crippen LogP contribution in [-0.4, -0.2) is 43.5 Å². The third kappa shape index (κ3) is 6.57. The van der Waals surface area contributed by atoms with E-state index in [1.165, 1.54) is 0 Å². The van der Waals surface area contributed by atoms with Crippen LogP contribution >= 0.6 is 0 Å². The van der Waals surface area contributed by atoms with Crippen molar-refractivity contribution in [3.63, 3.8) is 0 Å². The summed E-state index contributed by atoms with van der Waals surface area (Å²) in [5, 5.41) is 6.24. The quantitative estimate of drug-likeness (QED) is 0.786. The van der Waals surface area contributed by atoms with E-state index in [0.717, 1.165) is 26.0 Å². The van der Waals surface area contributed by atoms with Gasteiger partial charge in [-0.25, -0.2) is 4.79 Å². The summed E-state index contributed by atoms with van der Waals surface area (Å²) < 4.78 is 10.9. The molecule has 0 aliphatic carbocycles. The SMILES string of the molecule is CCC1OCCC1CNC(C)CNC(=O)OC(C)(C)C. The summed E-state index contributed by atoms with van der Waals surface area (Å²) in [6.07, 6.45) is 2.21. The highest BCUT2D eigenvalue weighted by molar-refractivity contribution is 5.67. The third-order valence-corrected chi connectivity index (χ3v) is 3.43. The van der Waals surface area contributed by atoms with Gasteiger partial charge in [-0.3, -0.25) is 0 Å². The average Bonchev–Trinajstić information content (AvgIpc) is 2.79. The van der Waals surface area contributed by atoms with Gasteiger partial charge in [0.2, 0.25) is 0 Å². The highest BCUT2D eigenvalue weighted by atomic mass is 16.6. The molecule has 118 valence electrons. The van der Waals surface area contributed by atoms with Crippen molar-refractivity contribution in [2.24, 2.45) is 5.92 Å². The van der Waals surface area contributed by atoms with Gasteiger partial charge in [-0.15, -0.1) is 0 Å². The molecule has 1 rings (SSSR count). The molecule has 0 aromatic carbocycles. The Hall–Kier alpha value is -0.810. The van der Waals surface area contributed by atoms with Crippen molar-refractivity contribution in [3.05, 3.63) is 0 Å². The molecular formula is C15H30N2O3. The Bertz CT molecular complexity index is 302. The normalized spacial score (nSPS) is 24.4. The standard InChI is InChI=1S/C15H30N2O3/c1-6-13-12(7-8-19-13)10-16-11(2)9-17-14(18)20-15(3,4)5/h11-13,16H,6-10H2,1-5H3,(H,17,18). The van der Waals surface area contributed by atoms with E-state index in [1.54, 1.807) is 0 Å². The van der Waals surface area contributed by atoms with Gasteiger partial charge in [-0.05, 0) is 46.5 Å². The van der Waals surface area contributed by atoms with Crippen LogP contribution in [0.25, 0.3) is 0 Å². The molecule has 5 nitrogen and oxygen atoms in total. The molecule has 3 atom stereocenters. The monoisotopic (exact) mass is 286 g/mol. The lowest BCUT2D eigenvalue weighted by Crippen LogP contribution is -2.43. The second-order valence-corrected chi connectivity index (χ2v) is 6.56. The zero-order valence-corrected chi connectivity index (χ0v) is 13.5. The zero-order chi connectivity index (χ0) is 15.2. The lowest BCUT2D eigenvalue weighted by atomic mass is 9.99. The smallest absolute Gasteiger partial charge is 0.407 e. The first-order chi connectivity index (χ1) is 9.31. The second kappa shape index (κ2) is 7.84. The summed E-state index contributed by atoms with van der Waals surface area (Å²) >= 11 is 0. The maximum Gasteiger partial charge on any atom is 0.407 e. The van der Waals surface area contributed by atoms with E-state index in [2.05, 4.69) is 24.5 Å². The lowest BCUT2D eigenvalue weighted by molar-refractivity contribution is 0.0522. The summed E-state index contributed by atoms with van der Waals surface area (Å²) in [4.78, 5) is 11.5. The van der Waals surface area contributed by atoms with E-state index in [-0.39, 0.29) is 12.1 Å². The molecule has 1 saturated heterocycles. The van der Waals surface area contributed by atoms with Crippen LogP contribution in [0.5, 0.6) is 0 Å². The molecule has 5 heteroatoms. The van der Waals surface area contributed by atoms with Crippen LogP contribution in [0.4, 0.5) is 4.79 Å². The topological polar surface area (TPSA) is 59.6 Å². The van der Waals surface area contributed by atoms with Crippen LogP contribution in [0.1, 0.15) is 47.5 Å². The number of alkyl carbamates (subject to hydrolysis) is 1. The Kier molecular flexibility index (Phi) is 6.76. The second-order valence-electron chi connectivity index (χ2n) is 6.56. The van der Waals surface area contributed by atoms with Gasteiger partial charge in [0.1, 0.15) is 5.60 Å². The Morgan fingerprint density at radius 3 is 2.75 bits per heavy atom. The van der Waals surface area contributed by atoms with Crippen molar-refractivity contribution in [1.29, 1.82) is 0 Å². The molecule has 1 aliphatic heterocycles. The minimum Gasteiger partial charge on any atom is -0.444 e. The summed E-state index contributed by atoms with van der Waals surface area (Å²) in [6.45, 7) is 12.2. The van der Waals surface area contributed by atoms with Crippen molar-refractivity contribution in [3.8, 4) is 0 Å². The number of hydrogen-bond donors (Lipinski definition) is 2. The average molecular weight is 286 g/mol. The van der Waals surface area contributed by atoms with E-state index < -0.39 is 5.60 Å². The number of carbonyl (C=O) groups excluding carboxylic acids is 1. The molecular weight excluding hydrogens is 256 g/mol. The number of amides is 1. The van der Waals surface area contributed by atoms with Gasteiger partial charge in [-0.2, -0.15) is 0 Å². The maximum absolute atomic E-state index is 11.5. The molecule has 1 fully saturated rings. The highest BCUT2D eigenvalue weighted by Crippen LogP contribution is 2.22. The maximum atomic E-state index is 11.5. The largest absolute Gasteiger partial charge is 0.444 e. The van der Waals surface area contributed by atoms with Crippen LogP contribution in [-0.2, 0) is 9.47 Å². The van der Waals surface area contributed by atoms with Gasteiger partial charge in [0.05, 0.1) is 6.10 Å². The van der Waals surface area contributed by atoms with Crippen molar-refractivity contribution in [2.45, 2.75) is 65.2 Å². The van der Waals surface area contributed by atoms with Gasteiger partial charge >= 0.3 is 6.09 Å².